The van der Waals surface area contributed by atoms with E-state index in [9.17, 15) is 4.79 Å². The van der Waals surface area contributed by atoms with E-state index in [-0.39, 0.29) is 5.91 Å². The second-order valence-corrected chi connectivity index (χ2v) is 5.28. The van der Waals surface area contributed by atoms with Crippen molar-refractivity contribution in [3.63, 3.8) is 0 Å². The summed E-state index contributed by atoms with van der Waals surface area (Å²) in [6.07, 6.45) is 3.64. The van der Waals surface area contributed by atoms with Crippen molar-refractivity contribution in [2.45, 2.75) is 32.2 Å². The molecule has 0 aromatic heterocycles. The monoisotopic (exact) mass is 276 g/mol. The van der Waals surface area contributed by atoms with Gasteiger partial charge in [0.1, 0.15) is 5.75 Å². The van der Waals surface area contributed by atoms with Crippen LogP contribution in [0.5, 0.6) is 5.75 Å². The predicted octanol–water partition coefficient (Wildman–Crippen LogP) is 2.20. The highest BCUT2D eigenvalue weighted by Gasteiger charge is 2.23. The highest BCUT2D eigenvalue weighted by Crippen LogP contribution is 2.20. The molecule has 0 aliphatic carbocycles. The van der Waals surface area contributed by atoms with Gasteiger partial charge in [0.2, 0.25) is 0 Å². The minimum absolute atomic E-state index is 0.0651. The first-order valence-corrected chi connectivity index (χ1v) is 7.40. The Morgan fingerprint density at radius 1 is 1.45 bits per heavy atom. The van der Waals surface area contributed by atoms with E-state index in [0.717, 1.165) is 13.0 Å². The highest BCUT2D eigenvalue weighted by molar-refractivity contribution is 5.96. The van der Waals surface area contributed by atoms with Gasteiger partial charge in [0.15, 0.2) is 0 Å². The molecule has 1 saturated heterocycles. The van der Waals surface area contributed by atoms with Gasteiger partial charge in [-0.3, -0.25) is 4.79 Å². The molecule has 0 bridgehead atoms. The number of nitrogens with one attached hydrogen (secondary N) is 2. The third kappa shape index (κ3) is 3.51. The van der Waals surface area contributed by atoms with Crippen LogP contribution in [0.15, 0.2) is 24.3 Å². The Kier molecular flexibility index (Phi) is 5.41. The Labute approximate surface area is 120 Å². The molecule has 1 amide bonds. The fraction of sp³-hybridized carbons (Fsp3) is 0.562. The maximum atomic E-state index is 12.2. The molecule has 0 spiro atoms. The molecule has 0 saturated carbocycles. The average molecular weight is 276 g/mol. The standard InChI is InChI=1S/C16H24N2O2/c1-3-12-7-6-10-17-14(12)11-18-16(19)13-8-4-5-9-15(13)20-2/h4-5,8-9,12,14,17H,3,6-7,10-11H2,1-2H3,(H,18,19). The summed E-state index contributed by atoms with van der Waals surface area (Å²) in [6, 6.07) is 7.70. The van der Waals surface area contributed by atoms with E-state index in [0.29, 0.717) is 29.8 Å². The molecule has 1 aliphatic heterocycles. The van der Waals surface area contributed by atoms with Crippen molar-refractivity contribution in [2.75, 3.05) is 20.2 Å². The van der Waals surface area contributed by atoms with Gasteiger partial charge in [0, 0.05) is 12.6 Å². The normalized spacial score (nSPS) is 22.3. The zero-order chi connectivity index (χ0) is 14.4. The van der Waals surface area contributed by atoms with Crippen LogP contribution in [0.1, 0.15) is 36.5 Å². The molecule has 2 atom stereocenters. The van der Waals surface area contributed by atoms with E-state index in [1.54, 1.807) is 13.2 Å². The molecule has 2 unspecified atom stereocenters. The van der Waals surface area contributed by atoms with Gasteiger partial charge in [-0.05, 0) is 37.4 Å². The summed E-state index contributed by atoms with van der Waals surface area (Å²) >= 11 is 0. The number of para-hydroxylation sites is 1. The van der Waals surface area contributed by atoms with Gasteiger partial charge < -0.3 is 15.4 Å². The third-order valence-corrected chi connectivity index (χ3v) is 4.09. The van der Waals surface area contributed by atoms with E-state index < -0.39 is 0 Å². The van der Waals surface area contributed by atoms with Crippen molar-refractivity contribution >= 4 is 5.91 Å². The van der Waals surface area contributed by atoms with Crippen LogP contribution in [0.4, 0.5) is 0 Å². The quantitative estimate of drug-likeness (QED) is 0.867. The third-order valence-electron chi connectivity index (χ3n) is 4.09. The molecule has 1 aromatic rings. The van der Waals surface area contributed by atoms with Gasteiger partial charge in [0.05, 0.1) is 12.7 Å². The molecular formula is C16H24N2O2. The molecule has 2 N–H and O–H groups in total. The fourth-order valence-electron chi connectivity index (χ4n) is 2.88. The number of hydrogen-bond donors (Lipinski definition) is 2. The van der Waals surface area contributed by atoms with Crippen LogP contribution in [0.3, 0.4) is 0 Å². The summed E-state index contributed by atoms with van der Waals surface area (Å²) < 4.78 is 5.22. The highest BCUT2D eigenvalue weighted by atomic mass is 16.5. The lowest BCUT2D eigenvalue weighted by Crippen LogP contribution is -2.48. The van der Waals surface area contributed by atoms with Crippen LogP contribution >= 0.6 is 0 Å². The Morgan fingerprint density at radius 2 is 2.25 bits per heavy atom. The predicted molar refractivity (Wildman–Crippen MR) is 80.1 cm³/mol. The van der Waals surface area contributed by atoms with Gasteiger partial charge in [-0.2, -0.15) is 0 Å². The van der Waals surface area contributed by atoms with E-state index in [1.165, 1.54) is 12.8 Å². The summed E-state index contributed by atoms with van der Waals surface area (Å²) in [5.41, 5.74) is 0.596. The van der Waals surface area contributed by atoms with Gasteiger partial charge >= 0.3 is 0 Å². The van der Waals surface area contributed by atoms with Crippen molar-refractivity contribution in [3.05, 3.63) is 29.8 Å². The number of rotatable bonds is 5. The SMILES string of the molecule is CCC1CCCNC1CNC(=O)c1ccccc1OC. The topological polar surface area (TPSA) is 50.4 Å². The van der Waals surface area contributed by atoms with E-state index in [2.05, 4.69) is 17.6 Å². The molecule has 1 aromatic carbocycles. The molecule has 2 rings (SSSR count). The number of hydrogen-bond acceptors (Lipinski definition) is 3. The number of carbonyl (C=O) groups is 1. The average Bonchev–Trinajstić information content (AvgIpc) is 2.52. The minimum atomic E-state index is -0.0651. The number of piperidine rings is 1. The van der Waals surface area contributed by atoms with Crippen molar-refractivity contribution < 1.29 is 9.53 Å². The summed E-state index contributed by atoms with van der Waals surface area (Å²) in [5.74, 6) is 1.21. The minimum Gasteiger partial charge on any atom is -0.496 e. The fourth-order valence-corrected chi connectivity index (χ4v) is 2.88. The number of benzene rings is 1. The van der Waals surface area contributed by atoms with Crippen LogP contribution < -0.4 is 15.4 Å². The lowest BCUT2D eigenvalue weighted by molar-refractivity contribution is 0.0939. The molecular weight excluding hydrogens is 252 g/mol. The van der Waals surface area contributed by atoms with Gasteiger partial charge in [-0.25, -0.2) is 0 Å². The molecule has 20 heavy (non-hydrogen) atoms. The Morgan fingerprint density at radius 3 is 3.00 bits per heavy atom. The molecule has 4 nitrogen and oxygen atoms in total. The van der Waals surface area contributed by atoms with Crippen LogP contribution in [0.25, 0.3) is 0 Å². The summed E-state index contributed by atoms with van der Waals surface area (Å²) in [6.45, 7) is 3.94. The van der Waals surface area contributed by atoms with E-state index >= 15 is 0 Å². The zero-order valence-electron chi connectivity index (χ0n) is 12.3. The summed E-state index contributed by atoms with van der Waals surface area (Å²) in [7, 11) is 1.59. The second-order valence-electron chi connectivity index (χ2n) is 5.28. The number of ether oxygens (including phenoxy) is 1. The first-order valence-electron chi connectivity index (χ1n) is 7.40. The lowest BCUT2D eigenvalue weighted by atomic mass is 9.88. The lowest BCUT2D eigenvalue weighted by Gasteiger charge is -2.32. The number of methoxy groups -OCH3 is 1. The largest absolute Gasteiger partial charge is 0.496 e. The first kappa shape index (κ1) is 14.9. The van der Waals surface area contributed by atoms with Crippen LogP contribution in [-0.2, 0) is 0 Å². The molecule has 4 heteroatoms. The maximum Gasteiger partial charge on any atom is 0.255 e. The number of amides is 1. The zero-order valence-corrected chi connectivity index (χ0v) is 12.3. The summed E-state index contributed by atoms with van der Waals surface area (Å²) in [5, 5.41) is 6.54. The molecule has 1 heterocycles. The molecule has 110 valence electrons. The van der Waals surface area contributed by atoms with Crippen LogP contribution in [0.2, 0.25) is 0 Å². The smallest absolute Gasteiger partial charge is 0.255 e. The van der Waals surface area contributed by atoms with Gasteiger partial charge in [-0.15, -0.1) is 0 Å². The maximum absolute atomic E-state index is 12.2. The van der Waals surface area contributed by atoms with Crippen molar-refractivity contribution in [3.8, 4) is 5.75 Å². The molecule has 1 fully saturated rings. The van der Waals surface area contributed by atoms with Gasteiger partial charge in [0.25, 0.3) is 5.91 Å². The van der Waals surface area contributed by atoms with Gasteiger partial charge in [-0.1, -0.05) is 25.5 Å². The van der Waals surface area contributed by atoms with Crippen LogP contribution in [0, 0.1) is 5.92 Å². The van der Waals surface area contributed by atoms with E-state index in [4.69, 9.17) is 4.74 Å². The second kappa shape index (κ2) is 7.29. The molecule has 1 aliphatic rings. The Balaban J connectivity index is 1.94. The van der Waals surface area contributed by atoms with E-state index in [1.807, 2.05) is 18.2 Å². The number of carbonyl (C=O) groups excluding carboxylic acids is 1. The first-order chi connectivity index (χ1) is 9.76. The molecule has 0 radical (unpaired) electrons. The van der Waals surface area contributed by atoms with Crippen molar-refractivity contribution in [2.24, 2.45) is 5.92 Å². The Hall–Kier alpha value is -1.55. The van der Waals surface area contributed by atoms with Crippen LogP contribution in [-0.4, -0.2) is 32.1 Å². The van der Waals surface area contributed by atoms with Crippen molar-refractivity contribution in [1.29, 1.82) is 0 Å². The summed E-state index contributed by atoms with van der Waals surface area (Å²) in [4.78, 5) is 12.2. The van der Waals surface area contributed by atoms with Crippen molar-refractivity contribution in [1.82, 2.24) is 10.6 Å². The Bertz CT molecular complexity index is 448.